The SMILES string of the molecule is COc1ccc(NCc2ccc(C#N)s2)cc1C. The highest BCUT2D eigenvalue weighted by Crippen LogP contribution is 2.22. The molecule has 1 N–H and O–H groups in total. The smallest absolute Gasteiger partial charge is 0.121 e. The van der Waals surface area contributed by atoms with Crippen molar-refractivity contribution < 1.29 is 4.74 Å². The van der Waals surface area contributed by atoms with Crippen molar-refractivity contribution in [1.29, 1.82) is 5.26 Å². The first-order valence-corrected chi connectivity index (χ1v) is 6.42. The molecule has 0 radical (unpaired) electrons. The van der Waals surface area contributed by atoms with E-state index in [2.05, 4.69) is 17.5 Å². The van der Waals surface area contributed by atoms with Crippen molar-refractivity contribution in [2.75, 3.05) is 12.4 Å². The topological polar surface area (TPSA) is 45.0 Å². The summed E-state index contributed by atoms with van der Waals surface area (Å²) in [4.78, 5) is 1.90. The van der Waals surface area contributed by atoms with Gasteiger partial charge >= 0.3 is 0 Å². The van der Waals surface area contributed by atoms with E-state index in [0.717, 1.165) is 33.3 Å². The third-order valence-electron chi connectivity index (χ3n) is 2.63. The summed E-state index contributed by atoms with van der Waals surface area (Å²) >= 11 is 1.52. The zero-order chi connectivity index (χ0) is 13.0. The Morgan fingerprint density at radius 2 is 2.17 bits per heavy atom. The molecule has 0 spiro atoms. The van der Waals surface area contributed by atoms with Gasteiger partial charge in [0.1, 0.15) is 16.7 Å². The standard InChI is InChI=1S/C14H14N2OS/c1-10-7-11(3-6-14(10)17-2)16-9-13-5-4-12(8-15)18-13/h3-7,16H,9H2,1-2H3. The first kappa shape index (κ1) is 12.5. The number of benzene rings is 1. The molecule has 1 heterocycles. The predicted molar refractivity (Wildman–Crippen MR) is 74.1 cm³/mol. The molecule has 0 unspecified atom stereocenters. The molecule has 2 aromatic rings. The van der Waals surface area contributed by atoms with Crippen molar-refractivity contribution in [3.8, 4) is 11.8 Å². The molecule has 0 atom stereocenters. The maximum Gasteiger partial charge on any atom is 0.121 e. The van der Waals surface area contributed by atoms with Gasteiger partial charge in [0, 0.05) is 17.1 Å². The van der Waals surface area contributed by atoms with Crippen LogP contribution in [0.5, 0.6) is 5.75 Å². The third-order valence-corrected chi connectivity index (χ3v) is 3.62. The molecule has 18 heavy (non-hydrogen) atoms. The van der Waals surface area contributed by atoms with Crippen LogP contribution in [0.15, 0.2) is 30.3 Å². The van der Waals surface area contributed by atoms with E-state index in [9.17, 15) is 0 Å². The van der Waals surface area contributed by atoms with E-state index in [-0.39, 0.29) is 0 Å². The van der Waals surface area contributed by atoms with Gasteiger partial charge in [-0.25, -0.2) is 0 Å². The number of thiophene rings is 1. The highest BCUT2D eigenvalue weighted by Gasteiger charge is 2.01. The van der Waals surface area contributed by atoms with Crippen LogP contribution in [0.1, 0.15) is 15.3 Å². The third kappa shape index (κ3) is 2.82. The first-order chi connectivity index (χ1) is 8.72. The number of nitrogens with one attached hydrogen (secondary N) is 1. The van der Waals surface area contributed by atoms with Crippen LogP contribution < -0.4 is 10.1 Å². The number of rotatable bonds is 4. The van der Waals surface area contributed by atoms with Gasteiger partial charge in [-0.1, -0.05) is 0 Å². The molecular weight excluding hydrogens is 244 g/mol. The summed E-state index contributed by atoms with van der Waals surface area (Å²) in [7, 11) is 1.67. The zero-order valence-corrected chi connectivity index (χ0v) is 11.2. The second-order valence-corrected chi connectivity index (χ2v) is 5.08. The summed E-state index contributed by atoms with van der Waals surface area (Å²) in [5.41, 5.74) is 2.16. The van der Waals surface area contributed by atoms with E-state index in [4.69, 9.17) is 10.00 Å². The molecule has 0 aliphatic rings. The van der Waals surface area contributed by atoms with Crippen LogP contribution in [0, 0.1) is 18.3 Å². The van der Waals surface area contributed by atoms with Crippen molar-refractivity contribution in [1.82, 2.24) is 0 Å². The molecule has 0 saturated heterocycles. The Labute approximate surface area is 111 Å². The summed E-state index contributed by atoms with van der Waals surface area (Å²) in [5.74, 6) is 0.892. The minimum absolute atomic E-state index is 0.734. The number of nitrogens with zero attached hydrogens (tertiary/aromatic N) is 1. The molecular formula is C14H14N2OS. The second-order valence-electron chi connectivity index (χ2n) is 3.92. The van der Waals surface area contributed by atoms with Gasteiger partial charge in [-0.3, -0.25) is 0 Å². The molecule has 1 aromatic heterocycles. The van der Waals surface area contributed by atoms with Crippen LogP contribution in [0.2, 0.25) is 0 Å². The summed E-state index contributed by atoms with van der Waals surface area (Å²) in [6.07, 6.45) is 0. The Bertz CT molecular complexity index is 584. The lowest BCUT2D eigenvalue weighted by atomic mass is 10.2. The predicted octanol–water partition coefficient (Wildman–Crippen LogP) is 3.55. The van der Waals surface area contributed by atoms with E-state index in [0.29, 0.717) is 0 Å². The van der Waals surface area contributed by atoms with Gasteiger partial charge in [0.15, 0.2) is 0 Å². The van der Waals surface area contributed by atoms with E-state index >= 15 is 0 Å². The highest BCUT2D eigenvalue weighted by molar-refractivity contribution is 7.12. The lowest BCUT2D eigenvalue weighted by molar-refractivity contribution is 0.412. The van der Waals surface area contributed by atoms with Crippen LogP contribution in [-0.4, -0.2) is 7.11 Å². The Hall–Kier alpha value is -1.99. The van der Waals surface area contributed by atoms with Gasteiger partial charge < -0.3 is 10.1 Å². The van der Waals surface area contributed by atoms with Gasteiger partial charge in [0.25, 0.3) is 0 Å². The number of anilines is 1. The number of hydrogen-bond acceptors (Lipinski definition) is 4. The average molecular weight is 258 g/mol. The van der Waals surface area contributed by atoms with Crippen LogP contribution in [0.3, 0.4) is 0 Å². The number of aryl methyl sites for hydroxylation is 1. The fourth-order valence-corrected chi connectivity index (χ4v) is 2.46. The van der Waals surface area contributed by atoms with E-state index in [1.807, 2.05) is 31.2 Å². The van der Waals surface area contributed by atoms with Crippen LogP contribution in [0.25, 0.3) is 0 Å². The zero-order valence-electron chi connectivity index (χ0n) is 10.4. The molecule has 92 valence electrons. The molecule has 0 amide bonds. The van der Waals surface area contributed by atoms with Gasteiger partial charge in [0.2, 0.25) is 0 Å². The minimum Gasteiger partial charge on any atom is -0.496 e. The van der Waals surface area contributed by atoms with Crippen molar-refractivity contribution in [3.63, 3.8) is 0 Å². The van der Waals surface area contributed by atoms with Crippen molar-refractivity contribution in [2.45, 2.75) is 13.5 Å². The van der Waals surface area contributed by atoms with Crippen LogP contribution in [0.4, 0.5) is 5.69 Å². The molecule has 0 aliphatic carbocycles. The van der Waals surface area contributed by atoms with Gasteiger partial charge in [0.05, 0.1) is 7.11 Å². The molecule has 0 fully saturated rings. The maximum absolute atomic E-state index is 8.76. The lowest BCUT2D eigenvalue weighted by Crippen LogP contribution is -1.98. The molecule has 3 nitrogen and oxygen atoms in total. The lowest BCUT2D eigenvalue weighted by Gasteiger charge is -2.09. The maximum atomic E-state index is 8.76. The highest BCUT2D eigenvalue weighted by atomic mass is 32.1. The van der Waals surface area contributed by atoms with Crippen molar-refractivity contribution >= 4 is 17.0 Å². The first-order valence-electron chi connectivity index (χ1n) is 5.60. The van der Waals surface area contributed by atoms with E-state index in [1.54, 1.807) is 7.11 Å². The summed E-state index contributed by atoms with van der Waals surface area (Å²) in [6.45, 7) is 2.75. The number of methoxy groups -OCH3 is 1. The Morgan fingerprint density at radius 1 is 1.33 bits per heavy atom. The van der Waals surface area contributed by atoms with Crippen LogP contribution in [-0.2, 0) is 6.54 Å². The van der Waals surface area contributed by atoms with Crippen molar-refractivity contribution in [3.05, 3.63) is 45.6 Å². The Kier molecular flexibility index (Phi) is 3.85. The average Bonchev–Trinajstić information content (AvgIpc) is 2.84. The number of nitriles is 1. The molecule has 1 aromatic carbocycles. The van der Waals surface area contributed by atoms with Crippen LogP contribution >= 0.6 is 11.3 Å². The molecule has 0 bridgehead atoms. The van der Waals surface area contributed by atoms with E-state index < -0.39 is 0 Å². The van der Waals surface area contributed by atoms with Gasteiger partial charge in [-0.2, -0.15) is 5.26 Å². The largest absolute Gasteiger partial charge is 0.496 e. The summed E-state index contributed by atoms with van der Waals surface area (Å²) in [6, 6.07) is 12.0. The second kappa shape index (κ2) is 5.56. The quantitative estimate of drug-likeness (QED) is 0.912. The van der Waals surface area contributed by atoms with Crippen molar-refractivity contribution in [2.24, 2.45) is 0 Å². The van der Waals surface area contributed by atoms with Gasteiger partial charge in [-0.05, 0) is 42.8 Å². The fourth-order valence-electron chi connectivity index (χ4n) is 1.71. The molecule has 0 aliphatic heterocycles. The summed E-state index contributed by atoms with van der Waals surface area (Å²) in [5, 5.41) is 12.1. The normalized spacial score (nSPS) is 9.83. The molecule has 4 heteroatoms. The number of hydrogen-bond donors (Lipinski definition) is 1. The minimum atomic E-state index is 0.734. The number of ether oxygens (including phenoxy) is 1. The fraction of sp³-hybridized carbons (Fsp3) is 0.214. The molecule has 2 rings (SSSR count). The Balaban J connectivity index is 2.02. The monoisotopic (exact) mass is 258 g/mol. The van der Waals surface area contributed by atoms with E-state index in [1.165, 1.54) is 11.3 Å². The Morgan fingerprint density at radius 3 is 2.78 bits per heavy atom. The summed E-state index contributed by atoms with van der Waals surface area (Å²) < 4.78 is 5.22. The van der Waals surface area contributed by atoms with Gasteiger partial charge in [-0.15, -0.1) is 11.3 Å². The molecule has 0 saturated carbocycles.